The molecule has 0 aromatic heterocycles. The summed E-state index contributed by atoms with van der Waals surface area (Å²) in [6, 6.07) is 4.13. The second kappa shape index (κ2) is 4.91. The summed E-state index contributed by atoms with van der Waals surface area (Å²) in [6.45, 7) is 2.15. The van der Waals surface area contributed by atoms with Gasteiger partial charge < -0.3 is 9.47 Å². The fourth-order valence-corrected chi connectivity index (χ4v) is 1.59. The molecule has 0 spiro atoms. The van der Waals surface area contributed by atoms with Crippen LogP contribution in [0.5, 0.6) is 11.5 Å². The van der Waals surface area contributed by atoms with Gasteiger partial charge in [0.15, 0.2) is 0 Å². The van der Waals surface area contributed by atoms with E-state index < -0.39 is 6.36 Å². The van der Waals surface area contributed by atoms with Gasteiger partial charge in [0.25, 0.3) is 0 Å². The molecule has 1 aromatic rings. The predicted molar refractivity (Wildman–Crippen MR) is 57.0 cm³/mol. The molecule has 0 unspecified atom stereocenters. The third-order valence-corrected chi connectivity index (χ3v) is 2.01. The molecule has 0 radical (unpaired) electrons. The predicted octanol–water partition coefficient (Wildman–Crippen LogP) is 3.59. The summed E-state index contributed by atoms with van der Waals surface area (Å²) >= 11 is 1.89. The molecule has 0 heterocycles. The average molecular weight is 332 g/mol. The van der Waals surface area contributed by atoms with E-state index >= 15 is 0 Å². The van der Waals surface area contributed by atoms with Crippen LogP contribution in [-0.2, 0) is 0 Å². The quantitative estimate of drug-likeness (QED) is 0.788. The van der Waals surface area contributed by atoms with Crippen LogP contribution >= 0.6 is 22.6 Å². The van der Waals surface area contributed by atoms with Crippen LogP contribution in [0.4, 0.5) is 13.2 Å². The first-order chi connectivity index (χ1) is 6.90. The van der Waals surface area contributed by atoms with E-state index in [2.05, 4.69) is 4.74 Å². The molecule has 0 atom stereocenters. The number of alkyl halides is 3. The Kier molecular flexibility index (Phi) is 4.06. The zero-order valence-corrected chi connectivity index (χ0v) is 9.93. The zero-order chi connectivity index (χ0) is 11.5. The number of hydrogen-bond donors (Lipinski definition) is 0. The van der Waals surface area contributed by atoms with E-state index in [1.165, 1.54) is 12.1 Å². The summed E-state index contributed by atoms with van der Waals surface area (Å²) in [7, 11) is 0. The van der Waals surface area contributed by atoms with E-state index in [1.807, 2.05) is 22.6 Å². The van der Waals surface area contributed by atoms with Crippen molar-refractivity contribution < 1.29 is 22.6 Å². The summed E-state index contributed by atoms with van der Waals surface area (Å²) in [4.78, 5) is 0. The highest BCUT2D eigenvalue weighted by Gasteiger charge is 2.31. The normalized spacial score (nSPS) is 11.3. The van der Waals surface area contributed by atoms with Gasteiger partial charge in [-0.1, -0.05) is 0 Å². The fraction of sp³-hybridized carbons (Fsp3) is 0.333. The third kappa shape index (κ3) is 4.59. The lowest BCUT2D eigenvalue weighted by molar-refractivity contribution is -0.274. The maximum absolute atomic E-state index is 11.9. The van der Waals surface area contributed by atoms with Crippen molar-refractivity contribution in [1.82, 2.24) is 0 Å². The van der Waals surface area contributed by atoms with Crippen LogP contribution in [0, 0.1) is 3.57 Å². The Bertz CT molecular complexity index is 339. The van der Waals surface area contributed by atoms with Crippen LogP contribution < -0.4 is 9.47 Å². The van der Waals surface area contributed by atoms with Gasteiger partial charge in [-0.25, -0.2) is 0 Å². The Balaban J connectivity index is 2.88. The largest absolute Gasteiger partial charge is 0.573 e. The van der Waals surface area contributed by atoms with Crippen LogP contribution in [0.2, 0.25) is 0 Å². The van der Waals surface area contributed by atoms with E-state index in [9.17, 15) is 13.2 Å². The molecule has 0 N–H and O–H groups in total. The Morgan fingerprint density at radius 2 is 1.80 bits per heavy atom. The third-order valence-electron chi connectivity index (χ3n) is 1.39. The van der Waals surface area contributed by atoms with Gasteiger partial charge in [-0.15, -0.1) is 13.2 Å². The molecule has 6 heteroatoms. The molecular weight excluding hydrogens is 324 g/mol. The van der Waals surface area contributed by atoms with Crippen molar-refractivity contribution in [1.29, 1.82) is 0 Å². The molecule has 0 aliphatic carbocycles. The van der Waals surface area contributed by atoms with Gasteiger partial charge >= 0.3 is 6.36 Å². The van der Waals surface area contributed by atoms with E-state index in [1.54, 1.807) is 13.0 Å². The molecule has 0 fully saturated rings. The van der Waals surface area contributed by atoms with Gasteiger partial charge in [-0.05, 0) is 41.6 Å². The lowest BCUT2D eigenvalue weighted by Gasteiger charge is -2.11. The zero-order valence-electron chi connectivity index (χ0n) is 7.77. The maximum atomic E-state index is 11.9. The molecule has 0 saturated carbocycles. The van der Waals surface area contributed by atoms with Crippen molar-refractivity contribution in [3.63, 3.8) is 0 Å². The molecule has 0 saturated heterocycles. The minimum atomic E-state index is -4.67. The Hall–Kier alpha value is -0.660. The van der Waals surface area contributed by atoms with Crippen LogP contribution in [0.15, 0.2) is 18.2 Å². The highest BCUT2D eigenvalue weighted by molar-refractivity contribution is 14.1. The summed E-state index contributed by atoms with van der Waals surface area (Å²) in [5, 5.41) is 0. The molecule has 2 nitrogen and oxygen atoms in total. The molecular formula is C9H8F3IO2. The van der Waals surface area contributed by atoms with E-state index in [-0.39, 0.29) is 5.75 Å². The monoisotopic (exact) mass is 332 g/mol. The van der Waals surface area contributed by atoms with Gasteiger partial charge in [0.05, 0.1) is 6.61 Å². The summed E-state index contributed by atoms with van der Waals surface area (Å²) in [5.41, 5.74) is 0. The number of hydrogen-bond acceptors (Lipinski definition) is 2. The van der Waals surface area contributed by atoms with Gasteiger partial charge in [-0.3, -0.25) is 0 Å². The van der Waals surface area contributed by atoms with Gasteiger partial charge in [0, 0.05) is 9.64 Å². The molecule has 0 amide bonds. The Morgan fingerprint density at radius 1 is 1.20 bits per heavy atom. The van der Waals surface area contributed by atoms with Crippen LogP contribution in [0.3, 0.4) is 0 Å². The standard InChI is InChI=1S/C9H8F3IO2/c1-2-14-7-3-6(13)4-8(5-7)15-9(10,11)12/h3-5H,2H2,1H3. The van der Waals surface area contributed by atoms with Crippen molar-refractivity contribution >= 4 is 22.6 Å². The first-order valence-electron chi connectivity index (χ1n) is 4.10. The minimum Gasteiger partial charge on any atom is -0.494 e. The first kappa shape index (κ1) is 12.4. The average Bonchev–Trinajstić information content (AvgIpc) is 1.99. The second-order valence-corrected chi connectivity index (χ2v) is 3.85. The summed E-state index contributed by atoms with van der Waals surface area (Å²) in [5.74, 6) is 0.0986. The number of halogens is 4. The fourth-order valence-electron chi connectivity index (χ4n) is 0.980. The van der Waals surface area contributed by atoms with Crippen molar-refractivity contribution in [2.24, 2.45) is 0 Å². The number of ether oxygens (including phenoxy) is 2. The molecule has 84 valence electrons. The lowest BCUT2D eigenvalue weighted by Crippen LogP contribution is -2.17. The highest BCUT2D eigenvalue weighted by atomic mass is 127. The van der Waals surface area contributed by atoms with Crippen molar-refractivity contribution in [2.45, 2.75) is 13.3 Å². The molecule has 15 heavy (non-hydrogen) atoms. The van der Waals surface area contributed by atoms with Crippen molar-refractivity contribution in [2.75, 3.05) is 6.61 Å². The summed E-state index contributed by atoms with van der Waals surface area (Å²) in [6.07, 6.45) is -4.67. The molecule has 0 bridgehead atoms. The molecule has 1 aromatic carbocycles. The molecule has 0 aliphatic rings. The van der Waals surface area contributed by atoms with Crippen molar-refractivity contribution in [3.05, 3.63) is 21.8 Å². The Morgan fingerprint density at radius 3 is 2.33 bits per heavy atom. The molecule has 0 aliphatic heterocycles. The number of benzene rings is 1. The first-order valence-corrected chi connectivity index (χ1v) is 5.17. The lowest BCUT2D eigenvalue weighted by atomic mass is 10.3. The van der Waals surface area contributed by atoms with Crippen LogP contribution in [0.1, 0.15) is 6.92 Å². The van der Waals surface area contributed by atoms with Crippen LogP contribution in [0.25, 0.3) is 0 Å². The Labute approximate surface area is 98.5 Å². The van der Waals surface area contributed by atoms with Gasteiger partial charge in [0.1, 0.15) is 11.5 Å². The van der Waals surface area contributed by atoms with E-state index in [0.29, 0.717) is 15.9 Å². The smallest absolute Gasteiger partial charge is 0.494 e. The molecule has 1 rings (SSSR count). The van der Waals surface area contributed by atoms with Gasteiger partial charge in [0.2, 0.25) is 0 Å². The van der Waals surface area contributed by atoms with E-state index in [4.69, 9.17) is 4.74 Å². The second-order valence-electron chi connectivity index (χ2n) is 2.60. The topological polar surface area (TPSA) is 18.5 Å². The minimum absolute atomic E-state index is 0.266. The number of rotatable bonds is 3. The highest BCUT2D eigenvalue weighted by Crippen LogP contribution is 2.28. The van der Waals surface area contributed by atoms with Gasteiger partial charge in [-0.2, -0.15) is 0 Å². The SMILES string of the molecule is CCOc1cc(I)cc(OC(F)(F)F)c1. The van der Waals surface area contributed by atoms with E-state index in [0.717, 1.165) is 0 Å². The maximum Gasteiger partial charge on any atom is 0.573 e. The van der Waals surface area contributed by atoms with Crippen LogP contribution in [-0.4, -0.2) is 13.0 Å². The van der Waals surface area contributed by atoms with Crippen molar-refractivity contribution in [3.8, 4) is 11.5 Å². The summed E-state index contributed by atoms with van der Waals surface area (Å²) < 4.78 is 45.3.